The molecule has 5 aromatic rings. The summed E-state index contributed by atoms with van der Waals surface area (Å²) in [5.74, 6) is 0.375. The van der Waals surface area contributed by atoms with Crippen LogP contribution in [-0.4, -0.2) is 40.4 Å². The molecule has 12 heteroatoms. The lowest BCUT2D eigenvalue weighted by Crippen LogP contribution is -2.24. The van der Waals surface area contributed by atoms with Crippen LogP contribution >= 0.6 is 23.2 Å². The number of fused-ring (bicyclic) bond motifs is 1. The highest BCUT2D eigenvalue weighted by atomic mass is 35.5. The molecule has 1 amide bonds. The number of benzene rings is 3. The Morgan fingerprint density at radius 1 is 1.00 bits per heavy atom. The maximum atomic E-state index is 14.4. The van der Waals surface area contributed by atoms with Crippen LogP contribution in [0.15, 0.2) is 96.5 Å². The molecule has 0 atom stereocenters. The molecular weight excluding hydrogens is 653 g/mol. The summed E-state index contributed by atoms with van der Waals surface area (Å²) in [5, 5.41) is 6.77. The number of halogens is 2. The number of pyridine rings is 1. The minimum atomic E-state index is -0.436. The maximum Gasteiger partial charge on any atom is 0.260 e. The van der Waals surface area contributed by atoms with Gasteiger partial charge in [0.05, 0.1) is 36.4 Å². The molecule has 0 saturated carbocycles. The quantitative estimate of drug-likeness (QED) is 0.131. The van der Waals surface area contributed by atoms with Crippen molar-refractivity contribution in [2.24, 2.45) is 0 Å². The average Bonchev–Trinajstić information content (AvgIpc) is 3.08. The van der Waals surface area contributed by atoms with Gasteiger partial charge in [-0.3, -0.25) is 19.0 Å². The first kappa shape index (κ1) is 33.9. The molecule has 2 N–H and O–H groups in total. The van der Waals surface area contributed by atoms with E-state index in [1.54, 1.807) is 55.6 Å². The fourth-order valence-electron chi connectivity index (χ4n) is 5.06. The Morgan fingerprint density at radius 2 is 1.69 bits per heavy atom. The van der Waals surface area contributed by atoms with Gasteiger partial charge in [-0.2, -0.15) is 4.98 Å². The first-order valence-corrected chi connectivity index (χ1v) is 15.5. The number of nitrogens with one attached hydrogen (secondary N) is 2. The van der Waals surface area contributed by atoms with Crippen molar-refractivity contribution in [3.05, 3.63) is 123 Å². The van der Waals surface area contributed by atoms with Crippen LogP contribution in [0.3, 0.4) is 0 Å². The van der Waals surface area contributed by atoms with Crippen molar-refractivity contribution in [2.75, 3.05) is 24.9 Å². The fraction of sp³-hybridized carbons (Fsp3) is 0.139. The molecule has 0 bridgehead atoms. The number of hydrogen-bond acceptors (Lipinski definition) is 8. The number of ether oxygens (including phenoxy) is 2. The molecule has 0 aliphatic heterocycles. The third-order valence-electron chi connectivity index (χ3n) is 7.41. The second-order valence-electron chi connectivity index (χ2n) is 10.5. The summed E-state index contributed by atoms with van der Waals surface area (Å²) in [6.07, 6.45) is 6.08. The summed E-state index contributed by atoms with van der Waals surface area (Å²) in [4.78, 5) is 47.8. The molecule has 244 valence electrons. The summed E-state index contributed by atoms with van der Waals surface area (Å²) in [6.45, 7) is 5.42. The van der Waals surface area contributed by atoms with E-state index in [1.807, 2.05) is 24.3 Å². The molecule has 48 heavy (non-hydrogen) atoms. The van der Waals surface area contributed by atoms with Gasteiger partial charge in [0.2, 0.25) is 11.9 Å². The summed E-state index contributed by atoms with van der Waals surface area (Å²) in [6, 6.07) is 17.6. The van der Waals surface area contributed by atoms with E-state index in [0.717, 1.165) is 11.1 Å². The van der Waals surface area contributed by atoms with Gasteiger partial charge in [0.15, 0.2) is 5.78 Å². The van der Waals surface area contributed by atoms with Crippen LogP contribution in [0.5, 0.6) is 11.5 Å². The highest BCUT2D eigenvalue weighted by molar-refractivity contribution is 6.41. The first-order valence-electron chi connectivity index (χ1n) is 14.7. The smallest absolute Gasteiger partial charge is 0.260 e. The van der Waals surface area contributed by atoms with Crippen molar-refractivity contribution in [3.8, 4) is 22.6 Å². The van der Waals surface area contributed by atoms with E-state index in [0.29, 0.717) is 22.4 Å². The highest BCUT2D eigenvalue weighted by Crippen LogP contribution is 2.45. The van der Waals surface area contributed by atoms with Crippen LogP contribution in [-0.2, 0) is 22.6 Å². The van der Waals surface area contributed by atoms with Gasteiger partial charge in [0.1, 0.15) is 17.1 Å². The Bertz CT molecular complexity index is 2100. The van der Waals surface area contributed by atoms with Crippen LogP contribution in [0.25, 0.3) is 22.2 Å². The van der Waals surface area contributed by atoms with Crippen molar-refractivity contribution < 1.29 is 19.1 Å². The lowest BCUT2D eigenvalue weighted by Gasteiger charge is -2.17. The topological polar surface area (TPSA) is 124 Å². The number of methoxy groups -OCH3 is 2. The van der Waals surface area contributed by atoms with Crippen molar-refractivity contribution >= 4 is 63.2 Å². The largest absolute Gasteiger partial charge is 0.495 e. The molecule has 2 heterocycles. The number of rotatable bonds is 12. The van der Waals surface area contributed by atoms with Crippen LogP contribution in [0.2, 0.25) is 10.0 Å². The molecule has 0 radical (unpaired) electrons. The molecule has 3 aromatic carbocycles. The lowest BCUT2D eigenvalue weighted by atomic mass is 10.0. The minimum Gasteiger partial charge on any atom is -0.495 e. The summed E-state index contributed by atoms with van der Waals surface area (Å²) in [5.41, 5.74) is 3.02. The van der Waals surface area contributed by atoms with E-state index in [2.05, 4.69) is 22.2 Å². The fourth-order valence-corrected chi connectivity index (χ4v) is 5.76. The minimum absolute atomic E-state index is 0.101. The number of ketones is 1. The Kier molecular flexibility index (Phi) is 10.6. The second kappa shape index (κ2) is 15.0. The second-order valence-corrected chi connectivity index (χ2v) is 11.3. The van der Waals surface area contributed by atoms with E-state index >= 15 is 0 Å². The third kappa shape index (κ3) is 7.25. The highest BCUT2D eigenvalue weighted by Gasteiger charge is 2.23. The number of anilines is 3. The Labute approximate surface area is 286 Å². The van der Waals surface area contributed by atoms with Crippen LogP contribution in [0.1, 0.15) is 18.1 Å². The van der Waals surface area contributed by atoms with E-state index in [4.69, 9.17) is 37.7 Å². The normalized spacial score (nSPS) is 11.0. The Morgan fingerprint density at radius 3 is 2.33 bits per heavy atom. The van der Waals surface area contributed by atoms with Crippen molar-refractivity contribution in [1.29, 1.82) is 0 Å². The van der Waals surface area contributed by atoms with Crippen molar-refractivity contribution in [2.45, 2.75) is 19.9 Å². The van der Waals surface area contributed by atoms with Gasteiger partial charge < -0.3 is 20.1 Å². The van der Waals surface area contributed by atoms with E-state index in [9.17, 15) is 14.4 Å². The van der Waals surface area contributed by atoms with Gasteiger partial charge in [0.25, 0.3) is 5.56 Å². The molecule has 0 unspecified atom stereocenters. The zero-order chi connectivity index (χ0) is 34.4. The van der Waals surface area contributed by atoms with Gasteiger partial charge in [-0.15, -0.1) is 0 Å². The first-order chi connectivity index (χ1) is 23.2. The number of para-hydroxylation sites is 1. The average molecular weight is 685 g/mol. The third-order valence-corrected chi connectivity index (χ3v) is 8.16. The van der Waals surface area contributed by atoms with Crippen LogP contribution in [0.4, 0.5) is 17.3 Å². The predicted octanol–water partition coefficient (Wildman–Crippen LogP) is 7.39. The van der Waals surface area contributed by atoms with E-state index in [1.165, 1.54) is 30.9 Å². The van der Waals surface area contributed by atoms with Gasteiger partial charge >= 0.3 is 0 Å². The summed E-state index contributed by atoms with van der Waals surface area (Å²) >= 11 is 13.5. The van der Waals surface area contributed by atoms with E-state index in [-0.39, 0.29) is 63.3 Å². The molecular formula is C36H31Cl2N5O5. The SMILES string of the molecule is C=CC(=O)Cc1ccccc1Nc1ncc2cc(-c3c(Cl)c(OC)cc(OC)c3Cl)c(=O)n(Cc3ccc(NC(=O)/C=C/C)cc3)c2n1. The van der Waals surface area contributed by atoms with Crippen molar-refractivity contribution in [1.82, 2.24) is 14.5 Å². The van der Waals surface area contributed by atoms with Gasteiger partial charge in [0, 0.05) is 41.0 Å². The Balaban J connectivity index is 1.66. The van der Waals surface area contributed by atoms with Gasteiger partial charge in [-0.05, 0) is 54.5 Å². The predicted molar refractivity (Wildman–Crippen MR) is 190 cm³/mol. The molecule has 0 aliphatic carbocycles. The molecule has 2 aromatic heterocycles. The van der Waals surface area contributed by atoms with E-state index < -0.39 is 5.56 Å². The molecule has 0 spiro atoms. The van der Waals surface area contributed by atoms with Crippen LogP contribution in [0, 0.1) is 0 Å². The monoisotopic (exact) mass is 683 g/mol. The summed E-state index contributed by atoms with van der Waals surface area (Å²) < 4.78 is 12.4. The number of nitrogens with zero attached hydrogens (tertiary/aromatic N) is 3. The zero-order valence-corrected chi connectivity index (χ0v) is 27.9. The number of carbonyl (C=O) groups excluding carboxylic acids is 2. The number of allylic oxidation sites excluding steroid dienone is 2. The zero-order valence-electron chi connectivity index (χ0n) is 26.3. The standard InChI is InChI=1S/C36H31Cl2N5O5/c1-5-9-30(45)40-24-14-12-21(13-15-24)20-43-34-23(17-26(35(43)46)31-32(37)28(47-3)18-29(48-4)33(31)38)19-39-36(42-34)41-27-11-8-7-10-22(27)16-25(44)6-2/h5-15,17-19H,2,16,20H2,1,3-4H3,(H,40,45)(H,39,41,42)/b9-5+. The summed E-state index contributed by atoms with van der Waals surface area (Å²) in [7, 11) is 2.91. The lowest BCUT2D eigenvalue weighted by molar-refractivity contribution is -0.114. The number of hydrogen-bond donors (Lipinski definition) is 2. The Hall–Kier alpha value is -5.45. The molecule has 0 aliphatic rings. The van der Waals surface area contributed by atoms with Gasteiger partial charge in [-0.1, -0.05) is 66.2 Å². The molecule has 0 fully saturated rings. The molecule has 5 rings (SSSR count). The van der Waals surface area contributed by atoms with Crippen molar-refractivity contribution in [3.63, 3.8) is 0 Å². The van der Waals surface area contributed by atoms with Gasteiger partial charge in [-0.25, -0.2) is 4.98 Å². The molecule has 10 nitrogen and oxygen atoms in total. The number of aromatic nitrogens is 3. The number of amides is 1. The number of carbonyl (C=O) groups is 2. The maximum absolute atomic E-state index is 14.4. The molecule has 0 saturated heterocycles. The van der Waals surface area contributed by atoms with Crippen LogP contribution < -0.4 is 25.7 Å².